The lowest BCUT2D eigenvalue weighted by Gasteiger charge is -2.14. The molecule has 0 bridgehead atoms. The van der Waals surface area contributed by atoms with E-state index in [1.165, 1.54) is 109 Å². The molecule has 0 aromatic heterocycles. The van der Waals surface area contributed by atoms with Crippen LogP contribution in [-0.2, 0) is 0 Å². The van der Waals surface area contributed by atoms with Gasteiger partial charge in [0.1, 0.15) is 0 Å². The molecule has 0 unspecified atom stereocenters. The van der Waals surface area contributed by atoms with Gasteiger partial charge in [-0.25, -0.2) is 0 Å². The standard InChI is InChI=1S/C52H32/c1-5-13-45-33(9-1)25-26-49-51(32-41-11-3-6-14-46(41)52(45)49)43-24-22-37-28-35(18-20-39(37)30-43)34-17-19-38-29-42(23-21-36(38)27-34)50-31-40-10-2-4-12-44(40)47-15-7-8-16-48(47)50/h1-32H. The van der Waals surface area contributed by atoms with Crippen LogP contribution in [0.4, 0.5) is 0 Å². The highest BCUT2D eigenvalue weighted by Crippen LogP contribution is 2.41. The fraction of sp³-hybridized carbons (Fsp3) is 0. The van der Waals surface area contributed by atoms with Crippen molar-refractivity contribution in [1.29, 1.82) is 0 Å². The molecule has 0 nitrogen and oxygen atoms in total. The molecule has 240 valence electrons. The summed E-state index contributed by atoms with van der Waals surface area (Å²) in [5.41, 5.74) is 7.50. The molecule has 11 aromatic carbocycles. The first-order chi connectivity index (χ1) is 25.7. The van der Waals surface area contributed by atoms with Gasteiger partial charge in [0.25, 0.3) is 0 Å². The second-order valence-corrected chi connectivity index (χ2v) is 14.1. The highest BCUT2D eigenvalue weighted by Gasteiger charge is 2.13. The molecule has 0 spiro atoms. The third kappa shape index (κ3) is 4.55. The minimum atomic E-state index is 1.23. The Kier molecular flexibility index (Phi) is 6.35. The summed E-state index contributed by atoms with van der Waals surface area (Å²) in [5.74, 6) is 0. The predicted molar refractivity (Wildman–Crippen MR) is 225 cm³/mol. The van der Waals surface area contributed by atoms with Crippen molar-refractivity contribution >= 4 is 75.4 Å². The fourth-order valence-corrected chi connectivity index (χ4v) is 8.59. The van der Waals surface area contributed by atoms with Gasteiger partial charge in [-0.05, 0) is 145 Å². The molecule has 11 aromatic rings. The summed E-state index contributed by atoms with van der Waals surface area (Å²) in [5, 5.41) is 17.9. The van der Waals surface area contributed by atoms with Gasteiger partial charge in [0.15, 0.2) is 0 Å². The lowest BCUT2D eigenvalue weighted by Crippen LogP contribution is -1.87. The van der Waals surface area contributed by atoms with Gasteiger partial charge in [-0.3, -0.25) is 0 Å². The maximum absolute atomic E-state index is 2.37. The normalized spacial score (nSPS) is 11.8. The second-order valence-electron chi connectivity index (χ2n) is 14.1. The van der Waals surface area contributed by atoms with Gasteiger partial charge in [-0.1, -0.05) is 158 Å². The molecule has 0 N–H and O–H groups in total. The van der Waals surface area contributed by atoms with E-state index in [4.69, 9.17) is 0 Å². The summed E-state index contributed by atoms with van der Waals surface area (Å²) < 4.78 is 0. The molecule has 0 fully saturated rings. The molecule has 0 heteroatoms. The van der Waals surface area contributed by atoms with Gasteiger partial charge in [0.2, 0.25) is 0 Å². The average Bonchev–Trinajstić information content (AvgIpc) is 3.22. The van der Waals surface area contributed by atoms with Crippen molar-refractivity contribution in [3.63, 3.8) is 0 Å². The van der Waals surface area contributed by atoms with E-state index in [1.54, 1.807) is 0 Å². The molecule has 0 aliphatic carbocycles. The Morgan fingerprint density at radius 3 is 1.17 bits per heavy atom. The Labute approximate surface area is 301 Å². The first-order valence-electron chi connectivity index (χ1n) is 18.1. The van der Waals surface area contributed by atoms with E-state index < -0.39 is 0 Å². The molecule has 52 heavy (non-hydrogen) atoms. The summed E-state index contributed by atoms with van der Waals surface area (Å²) in [6.07, 6.45) is 0. The van der Waals surface area contributed by atoms with E-state index in [0.29, 0.717) is 0 Å². The topological polar surface area (TPSA) is 0 Å². The summed E-state index contributed by atoms with van der Waals surface area (Å²) in [7, 11) is 0. The average molecular weight is 657 g/mol. The van der Waals surface area contributed by atoms with Crippen molar-refractivity contribution in [2.75, 3.05) is 0 Å². The van der Waals surface area contributed by atoms with Gasteiger partial charge in [0, 0.05) is 0 Å². The summed E-state index contributed by atoms with van der Waals surface area (Å²) >= 11 is 0. The van der Waals surface area contributed by atoms with E-state index in [0.717, 1.165) is 0 Å². The van der Waals surface area contributed by atoms with Crippen molar-refractivity contribution in [3.05, 3.63) is 194 Å². The lowest BCUT2D eigenvalue weighted by atomic mass is 9.89. The van der Waals surface area contributed by atoms with Crippen LogP contribution >= 0.6 is 0 Å². The second kappa shape index (κ2) is 11.4. The van der Waals surface area contributed by atoms with Gasteiger partial charge in [0.05, 0.1) is 0 Å². The number of hydrogen-bond acceptors (Lipinski definition) is 0. The molecular formula is C52H32. The molecular weight excluding hydrogens is 625 g/mol. The van der Waals surface area contributed by atoms with Gasteiger partial charge >= 0.3 is 0 Å². The first-order valence-corrected chi connectivity index (χ1v) is 18.1. The van der Waals surface area contributed by atoms with Crippen LogP contribution in [0.3, 0.4) is 0 Å². The Bertz CT molecular complexity index is 3220. The van der Waals surface area contributed by atoms with Crippen LogP contribution in [0.25, 0.3) is 109 Å². The van der Waals surface area contributed by atoms with Crippen molar-refractivity contribution in [2.45, 2.75) is 0 Å². The zero-order valence-electron chi connectivity index (χ0n) is 28.5. The minimum Gasteiger partial charge on any atom is -0.0616 e. The Balaban J connectivity index is 0.978. The smallest absolute Gasteiger partial charge is 0.00206 e. The molecule has 0 amide bonds. The number of hydrogen-bond donors (Lipinski definition) is 0. The fourth-order valence-electron chi connectivity index (χ4n) is 8.59. The van der Waals surface area contributed by atoms with Gasteiger partial charge in [-0.15, -0.1) is 0 Å². The maximum Gasteiger partial charge on any atom is -0.00206 e. The lowest BCUT2D eigenvalue weighted by molar-refractivity contribution is 1.66. The zero-order chi connectivity index (χ0) is 34.2. The molecule has 0 radical (unpaired) electrons. The quantitative estimate of drug-likeness (QED) is 0.166. The van der Waals surface area contributed by atoms with Crippen molar-refractivity contribution in [3.8, 4) is 33.4 Å². The summed E-state index contributed by atoms with van der Waals surface area (Å²) in [4.78, 5) is 0. The summed E-state index contributed by atoms with van der Waals surface area (Å²) in [6, 6.07) is 71.9. The predicted octanol–water partition coefficient (Wildman–Crippen LogP) is 14.8. The van der Waals surface area contributed by atoms with Crippen LogP contribution < -0.4 is 0 Å². The van der Waals surface area contributed by atoms with Crippen LogP contribution in [0.5, 0.6) is 0 Å². The molecule has 0 atom stereocenters. The number of benzene rings is 11. The van der Waals surface area contributed by atoms with Crippen LogP contribution in [0.1, 0.15) is 0 Å². The summed E-state index contributed by atoms with van der Waals surface area (Å²) in [6.45, 7) is 0. The monoisotopic (exact) mass is 656 g/mol. The SMILES string of the molecule is c1ccc2c(c1)cc(-c1ccc3cc(-c4ccc5cc(-c6cc7ccccc7c7c6ccc6ccccc67)ccc5c4)ccc3c1)c1ccccc12. The first kappa shape index (κ1) is 29.0. The molecule has 11 rings (SSSR count). The van der Waals surface area contributed by atoms with E-state index in [1.807, 2.05) is 0 Å². The third-order valence-corrected chi connectivity index (χ3v) is 11.2. The number of fused-ring (bicyclic) bond motifs is 10. The van der Waals surface area contributed by atoms with Gasteiger partial charge in [-0.2, -0.15) is 0 Å². The van der Waals surface area contributed by atoms with E-state index in [9.17, 15) is 0 Å². The van der Waals surface area contributed by atoms with Crippen LogP contribution in [-0.4, -0.2) is 0 Å². The Morgan fingerprint density at radius 1 is 0.192 bits per heavy atom. The van der Waals surface area contributed by atoms with Crippen molar-refractivity contribution in [2.24, 2.45) is 0 Å². The Hall–Kier alpha value is -6.76. The molecule has 0 aliphatic heterocycles. The van der Waals surface area contributed by atoms with Crippen LogP contribution in [0.2, 0.25) is 0 Å². The number of rotatable bonds is 3. The van der Waals surface area contributed by atoms with E-state index in [2.05, 4.69) is 194 Å². The molecule has 0 aliphatic rings. The van der Waals surface area contributed by atoms with E-state index in [-0.39, 0.29) is 0 Å². The minimum absolute atomic E-state index is 1.23. The van der Waals surface area contributed by atoms with Gasteiger partial charge < -0.3 is 0 Å². The van der Waals surface area contributed by atoms with Crippen LogP contribution in [0, 0.1) is 0 Å². The highest BCUT2D eigenvalue weighted by atomic mass is 14.2. The van der Waals surface area contributed by atoms with Crippen molar-refractivity contribution in [1.82, 2.24) is 0 Å². The third-order valence-electron chi connectivity index (χ3n) is 11.2. The maximum atomic E-state index is 2.37. The molecule has 0 saturated carbocycles. The largest absolute Gasteiger partial charge is 0.0616 e. The highest BCUT2D eigenvalue weighted by molar-refractivity contribution is 6.24. The van der Waals surface area contributed by atoms with E-state index >= 15 is 0 Å². The Morgan fingerprint density at radius 2 is 0.577 bits per heavy atom. The van der Waals surface area contributed by atoms with Crippen LogP contribution in [0.15, 0.2) is 194 Å². The zero-order valence-corrected chi connectivity index (χ0v) is 28.5. The molecule has 0 saturated heterocycles. The molecule has 0 heterocycles. The van der Waals surface area contributed by atoms with Crippen molar-refractivity contribution < 1.29 is 0 Å².